The molecule has 0 radical (unpaired) electrons. The minimum absolute atomic E-state index is 0.707. The molecule has 4 heteroatoms. The topological polar surface area (TPSA) is 24.1 Å². The van der Waals surface area contributed by atoms with E-state index in [1.807, 2.05) is 12.1 Å². The number of nitrogens with one attached hydrogen (secondary N) is 2. The minimum Gasteiger partial charge on any atom is -0.382 e. The fraction of sp³-hybridized carbons (Fsp3) is 0.200. The van der Waals surface area contributed by atoms with Crippen LogP contribution in [0.3, 0.4) is 0 Å². The molecule has 0 atom stereocenters. The molecule has 0 fully saturated rings. The third-order valence-corrected chi connectivity index (χ3v) is 3.11. The van der Waals surface area contributed by atoms with Crippen molar-refractivity contribution in [2.45, 2.75) is 6.42 Å². The van der Waals surface area contributed by atoms with Crippen molar-refractivity contribution < 1.29 is 0 Å². The summed E-state index contributed by atoms with van der Waals surface area (Å²) in [6.45, 7) is 4.79. The van der Waals surface area contributed by atoms with Gasteiger partial charge in [0.05, 0.1) is 16.4 Å². The highest BCUT2D eigenvalue weighted by molar-refractivity contribution is 9.10. The van der Waals surface area contributed by atoms with Crippen molar-refractivity contribution in [2.24, 2.45) is 0 Å². The van der Waals surface area contributed by atoms with E-state index in [1.165, 1.54) is 0 Å². The fourth-order valence-corrected chi connectivity index (χ4v) is 2.10. The van der Waals surface area contributed by atoms with Gasteiger partial charge < -0.3 is 10.6 Å². The zero-order valence-corrected chi connectivity index (χ0v) is 9.87. The minimum atomic E-state index is 0.707. The predicted molar refractivity (Wildman–Crippen MR) is 65.0 cm³/mol. The van der Waals surface area contributed by atoms with Crippen molar-refractivity contribution in [3.63, 3.8) is 0 Å². The van der Waals surface area contributed by atoms with E-state index >= 15 is 0 Å². The molecule has 0 saturated carbocycles. The Hall–Kier alpha value is -0.670. The van der Waals surface area contributed by atoms with Crippen LogP contribution < -0.4 is 10.6 Å². The second kappa shape index (κ2) is 3.83. The monoisotopic (exact) mass is 272 g/mol. The lowest BCUT2D eigenvalue weighted by molar-refractivity contribution is 1.03. The molecule has 1 heterocycles. The Morgan fingerprint density at radius 3 is 2.93 bits per heavy atom. The first kappa shape index (κ1) is 9.87. The van der Waals surface area contributed by atoms with Crippen molar-refractivity contribution in [1.82, 2.24) is 0 Å². The van der Waals surface area contributed by atoms with Crippen LogP contribution in [0.2, 0.25) is 5.02 Å². The predicted octanol–water partition coefficient (Wildman–Crippen LogP) is 3.84. The van der Waals surface area contributed by atoms with Crippen molar-refractivity contribution in [2.75, 3.05) is 17.2 Å². The highest BCUT2D eigenvalue weighted by atomic mass is 79.9. The number of fused-ring (bicyclic) bond motifs is 1. The number of rotatable bonds is 0. The van der Waals surface area contributed by atoms with Crippen LogP contribution in [0.1, 0.15) is 6.42 Å². The van der Waals surface area contributed by atoms with E-state index in [-0.39, 0.29) is 0 Å². The molecular weight excluding hydrogens is 263 g/mol. The molecule has 1 aromatic carbocycles. The summed E-state index contributed by atoms with van der Waals surface area (Å²) in [7, 11) is 0. The molecule has 0 bridgehead atoms. The maximum atomic E-state index is 6.09. The number of hydrogen-bond donors (Lipinski definition) is 2. The van der Waals surface area contributed by atoms with Crippen molar-refractivity contribution in [3.8, 4) is 0 Å². The third kappa shape index (κ3) is 1.74. The maximum Gasteiger partial charge on any atom is 0.0818 e. The van der Waals surface area contributed by atoms with E-state index < -0.39 is 0 Å². The van der Waals surface area contributed by atoms with Crippen LogP contribution in [-0.2, 0) is 0 Å². The summed E-state index contributed by atoms with van der Waals surface area (Å²) in [5.41, 5.74) is 2.90. The molecule has 2 rings (SSSR count). The third-order valence-electron chi connectivity index (χ3n) is 2.13. The summed E-state index contributed by atoms with van der Waals surface area (Å²) in [4.78, 5) is 0. The first-order valence-electron chi connectivity index (χ1n) is 4.35. The number of anilines is 2. The molecule has 1 aliphatic rings. The van der Waals surface area contributed by atoms with Gasteiger partial charge in [-0.1, -0.05) is 18.2 Å². The number of hydrogen-bond acceptors (Lipinski definition) is 2. The Labute approximate surface area is 96.5 Å². The van der Waals surface area contributed by atoms with Crippen LogP contribution in [0.4, 0.5) is 11.4 Å². The molecule has 2 N–H and O–H groups in total. The van der Waals surface area contributed by atoms with Crippen LogP contribution in [0.15, 0.2) is 28.9 Å². The molecule has 0 amide bonds. The van der Waals surface area contributed by atoms with Crippen molar-refractivity contribution in [1.29, 1.82) is 0 Å². The standard InChI is InChI=1S/C10H10BrClN2/c1-6-4-5-13-9-7(11)2-3-8(12)10(9)14-6/h2-3,13-14H,1,4-5H2. The molecule has 2 nitrogen and oxygen atoms in total. The molecule has 0 aromatic heterocycles. The maximum absolute atomic E-state index is 6.09. The lowest BCUT2D eigenvalue weighted by Gasteiger charge is -2.12. The van der Waals surface area contributed by atoms with E-state index in [0.29, 0.717) is 5.02 Å². The average molecular weight is 274 g/mol. The van der Waals surface area contributed by atoms with E-state index in [2.05, 4.69) is 33.1 Å². The number of halogens is 2. The molecule has 0 unspecified atom stereocenters. The smallest absolute Gasteiger partial charge is 0.0818 e. The summed E-state index contributed by atoms with van der Waals surface area (Å²) in [6.07, 6.45) is 0.900. The molecule has 0 aliphatic carbocycles. The van der Waals surface area contributed by atoms with Crippen molar-refractivity contribution in [3.05, 3.63) is 33.9 Å². The largest absolute Gasteiger partial charge is 0.382 e. The van der Waals surface area contributed by atoms with E-state index in [9.17, 15) is 0 Å². The number of benzene rings is 1. The van der Waals surface area contributed by atoms with Gasteiger partial charge >= 0.3 is 0 Å². The van der Waals surface area contributed by atoms with E-state index in [1.54, 1.807) is 0 Å². The normalized spacial score (nSPS) is 15.1. The summed E-state index contributed by atoms with van der Waals surface area (Å²) in [5, 5.41) is 7.23. The van der Waals surface area contributed by atoms with Gasteiger partial charge in [-0.25, -0.2) is 0 Å². The van der Waals surface area contributed by atoms with Crippen molar-refractivity contribution >= 4 is 38.9 Å². The molecular formula is C10H10BrClN2. The van der Waals surface area contributed by atoms with Gasteiger partial charge in [0.25, 0.3) is 0 Å². The highest BCUT2D eigenvalue weighted by Gasteiger charge is 2.14. The summed E-state index contributed by atoms with van der Waals surface area (Å²) in [6, 6.07) is 3.79. The molecule has 0 saturated heterocycles. The molecule has 0 spiro atoms. The summed E-state index contributed by atoms with van der Waals surface area (Å²) >= 11 is 9.57. The van der Waals surface area contributed by atoms with E-state index in [4.69, 9.17) is 11.6 Å². The average Bonchev–Trinajstić information content (AvgIpc) is 2.34. The van der Waals surface area contributed by atoms with Gasteiger partial charge in [-0.15, -0.1) is 0 Å². The summed E-state index contributed by atoms with van der Waals surface area (Å²) < 4.78 is 1.01. The Morgan fingerprint density at radius 2 is 2.14 bits per heavy atom. The first-order chi connectivity index (χ1) is 6.68. The van der Waals surface area contributed by atoms with Crippen LogP contribution in [0.25, 0.3) is 0 Å². The fourth-order valence-electron chi connectivity index (χ4n) is 1.42. The zero-order chi connectivity index (χ0) is 10.1. The molecule has 14 heavy (non-hydrogen) atoms. The Balaban J connectivity index is 2.54. The van der Waals surface area contributed by atoms with Crippen LogP contribution >= 0.6 is 27.5 Å². The molecule has 1 aromatic rings. The summed E-state index contributed by atoms with van der Waals surface area (Å²) in [5.74, 6) is 0. The lowest BCUT2D eigenvalue weighted by atomic mass is 10.2. The van der Waals surface area contributed by atoms with Crippen LogP contribution in [-0.4, -0.2) is 6.54 Å². The zero-order valence-electron chi connectivity index (χ0n) is 7.53. The SMILES string of the molecule is C=C1CCNc2c(Br)ccc(Cl)c2N1. The van der Waals surface area contributed by atoms with E-state index in [0.717, 1.165) is 34.5 Å². The van der Waals surface area contributed by atoms with Gasteiger partial charge in [-0.05, 0) is 28.1 Å². The van der Waals surface area contributed by atoms with Crippen LogP contribution in [0, 0.1) is 0 Å². The second-order valence-electron chi connectivity index (χ2n) is 3.18. The van der Waals surface area contributed by atoms with Gasteiger partial charge in [-0.2, -0.15) is 0 Å². The Kier molecular flexibility index (Phi) is 2.70. The van der Waals surface area contributed by atoms with Gasteiger partial charge in [0.15, 0.2) is 0 Å². The van der Waals surface area contributed by atoms with Gasteiger partial charge in [0, 0.05) is 23.1 Å². The second-order valence-corrected chi connectivity index (χ2v) is 4.45. The first-order valence-corrected chi connectivity index (χ1v) is 5.52. The lowest BCUT2D eigenvalue weighted by Crippen LogP contribution is -1.99. The van der Waals surface area contributed by atoms with Crippen LogP contribution in [0.5, 0.6) is 0 Å². The van der Waals surface area contributed by atoms with Gasteiger partial charge in [-0.3, -0.25) is 0 Å². The molecule has 1 aliphatic heterocycles. The highest BCUT2D eigenvalue weighted by Crippen LogP contribution is 2.38. The Morgan fingerprint density at radius 1 is 1.36 bits per heavy atom. The van der Waals surface area contributed by atoms with Gasteiger partial charge in [0.1, 0.15) is 0 Å². The van der Waals surface area contributed by atoms with Gasteiger partial charge in [0.2, 0.25) is 0 Å². The Bertz CT molecular complexity index is 390. The quantitative estimate of drug-likeness (QED) is 0.750. The molecule has 74 valence electrons.